The molecule has 190 valence electrons. The zero-order valence-electron chi connectivity index (χ0n) is 21.8. The molecular formula is C29H35N3O4. The molecule has 0 aromatic heterocycles. The van der Waals surface area contributed by atoms with Gasteiger partial charge in [-0.3, -0.25) is 14.5 Å². The highest BCUT2D eigenvalue weighted by Crippen LogP contribution is 2.26. The van der Waals surface area contributed by atoms with Gasteiger partial charge in [0.15, 0.2) is 0 Å². The third-order valence-corrected chi connectivity index (χ3v) is 5.35. The lowest BCUT2D eigenvalue weighted by molar-refractivity contribution is -0.137. The highest BCUT2D eigenvalue weighted by Gasteiger charge is 2.37. The van der Waals surface area contributed by atoms with Gasteiger partial charge in [0, 0.05) is 11.7 Å². The van der Waals surface area contributed by atoms with Crippen LogP contribution in [0, 0.1) is 25.3 Å². The molecule has 2 aromatic rings. The topological polar surface area (TPSA) is 87.7 Å². The van der Waals surface area contributed by atoms with Gasteiger partial charge in [-0.2, -0.15) is 0 Å². The normalized spacial score (nSPS) is 12.6. The van der Waals surface area contributed by atoms with Crippen molar-refractivity contribution in [1.82, 2.24) is 10.2 Å². The predicted octanol–water partition coefficient (Wildman–Crippen LogP) is 5.29. The van der Waals surface area contributed by atoms with E-state index < -0.39 is 35.6 Å². The molecule has 0 heterocycles. The Morgan fingerprint density at radius 1 is 1.11 bits per heavy atom. The fourth-order valence-electron chi connectivity index (χ4n) is 3.55. The predicted molar refractivity (Wildman–Crippen MR) is 143 cm³/mol. The van der Waals surface area contributed by atoms with Gasteiger partial charge in [-0.05, 0) is 62.4 Å². The Hall–Kier alpha value is -4.05. The van der Waals surface area contributed by atoms with Gasteiger partial charge < -0.3 is 15.4 Å². The van der Waals surface area contributed by atoms with E-state index in [1.54, 1.807) is 71.0 Å². The van der Waals surface area contributed by atoms with Crippen molar-refractivity contribution < 1.29 is 19.1 Å². The van der Waals surface area contributed by atoms with Gasteiger partial charge in [-0.1, -0.05) is 69.3 Å². The Morgan fingerprint density at radius 3 is 2.33 bits per heavy atom. The number of anilines is 1. The Morgan fingerprint density at radius 2 is 1.78 bits per heavy atom. The van der Waals surface area contributed by atoms with Crippen LogP contribution in [0.25, 0.3) is 6.08 Å². The summed E-state index contributed by atoms with van der Waals surface area (Å²) in [6.07, 6.45) is 6.72. The van der Waals surface area contributed by atoms with Crippen molar-refractivity contribution in [2.75, 3.05) is 5.32 Å². The molecule has 2 unspecified atom stereocenters. The maximum atomic E-state index is 13.7. The summed E-state index contributed by atoms with van der Waals surface area (Å²) in [5.41, 5.74) is 1.97. The van der Waals surface area contributed by atoms with E-state index in [0.717, 1.165) is 16.0 Å². The molecule has 0 aliphatic rings. The lowest BCUT2D eigenvalue weighted by atomic mass is 9.98. The van der Waals surface area contributed by atoms with Crippen LogP contribution in [0.3, 0.4) is 0 Å². The third kappa shape index (κ3) is 7.47. The van der Waals surface area contributed by atoms with Gasteiger partial charge in [0.1, 0.15) is 17.7 Å². The van der Waals surface area contributed by atoms with E-state index in [2.05, 4.69) is 23.3 Å². The van der Waals surface area contributed by atoms with Crippen LogP contribution in [-0.2, 0) is 14.3 Å². The molecular weight excluding hydrogens is 454 g/mol. The molecule has 0 aliphatic carbocycles. The van der Waals surface area contributed by atoms with Gasteiger partial charge in [0.2, 0.25) is 0 Å². The number of benzene rings is 2. The molecule has 2 aromatic carbocycles. The van der Waals surface area contributed by atoms with Crippen LogP contribution in [0.2, 0.25) is 0 Å². The van der Waals surface area contributed by atoms with E-state index in [0.29, 0.717) is 11.3 Å². The smallest absolute Gasteiger partial charge is 0.408 e. The number of hydrogen-bond donors (Lipinski definition) is 2. The zero-order chi connectivity index (χ0) is 27.0. The number of terminal acetylenes is 1. The molecule has 7 nitrogen and oxygen atoms in total. The Bertz CT molecular complexity index is 1160. The molecule has 2 rings (SSSR count). The Kier molecular flexibility index (Phi) is 9.45. The number of para-hydroxylation sites is 1. The van der Waals surface area contributed by atoms with Crippen LogP contribution >= 0.6 is 0 Å². The van der Waals surface area contributed by atoms with E-state index in [9.17, 15) is 14.4 Å². The van der Waals surface area contributed by atoms with Gasteiger partial charge in [-0.15, -0.1) is 0 Å². The van der Waals surface area contributed by atoms with Crippen LogP contribution < -0.4 is 10.6 Å². The maximum absolute atomic E-state index is 13.7. The number of hydrogen-bond acceptors (Lipinski definition) is 4. The molecule has 0 spiro atoms. The molecule has 0 saturated carbocycles. The van der Waals surface area contributed by atoms with Gasteiger partial charge in [0.05, 0.1) is 0 Å². The molecule has 7 heteroatoms. The highest BCUT2D eigenvalue weighted by molar-refractivity contribution is 6.00. The molecule has 0 aliphatic heterocycles. The first-order valence-corrected chi connectivity index (χ1v) is 11.8. The lowest BCUT2D eigenvalue weighted by Gasteiger charge is -2.32. The minimum absolute atomic E-state index is 0.333. The van der Waals surface area contributed by atoms with E-state index in [-0.39, 0.29) is 5.92 Å². The fraction of sp³-hybridized carbons (Fsp3) is 0.345. The minimum atomic E-state index is -1.16. The Balaban J connectivity index is 2.50. The summed E-state index contributed by atoms with van der Waals surface area (Å²) < 4.78 is 5.33. The van der Waals surface area contributed by atoms with Gasteiger partial charge >= 0.3 is 6.09 Å². The molecule has 0 radical (unpaired) electrons. The molecule has 2 N–H and O–H groups in total. The van der Waals surface area contributed by atoms with Gasteiger partial charge in [-0.25, -0.2) is 4.79 Å². The van der Waals surface area contributed by atoms with Crippen LogP contribution in [0.5, 0.6) is 0 Å². The summed E-state index contributed by atoms with van der Waals surface area (Å²) in [6, 6.07) is 14.6. The number of nitrogens with zero attached hydrogens (tertiary/aromatic N) is 1. The first-order valence-electron chi connectivity index (χ1n) is 11.8. The van der Waals surface area contributed by atoms with Crippen molar-refractivity contribution in [1.29, 1.82) is 0 Å². The molecule has 0 bridgehead atoms. The Labute approximate surface area is 213 Å². The number of alkyl carbamates (subject to hydrolysis) is 1. The number of rotatable bonds is 8. The number of carbonyl (C=O) groups excluding carboxylic acids is 3. The largest absolute Gasteiger partial charge is 0.444 e. The lowest BCUT2D eigenvalue weighted by Crippen LogP contribution is -2.53. The van der Waals surface area contributed by atoms with E-state index in [4.69, 9.17) is 11.2 Å². The van der Waals surface area contributed by atoms with Crippen LogP contribution in [0.4, 0.5) is 10.5 Å². The molecule has 2 atom stereocenters. The molecule has 0 fully saturated rings. The SMILES string of the molecule is C#CN(C(=O)C(NC(=O)OC(C)(C)C)C(C)C)C(C(=O)Nc1ccccc1C)c1cccc(C=C)c1. The number of nitrogens with one attached hydrogen (secondary N) is 2. The number of amides is 3. The third-order valence-electron chi connectivity index (χ3n) is 5.35. The van der Waals surface area contributed by atoms with E-state index >= 15 is 0 Å². The summed E-state index contributed by atoms with van der Waals surface area (Å²) in [5.74, 6) is -1.43. The molecule has 0 saturated heterocycles. The molecule has 36 heavy (non-hydrogen) atoms. The van der Waals surface area contributed by atoms with Crippen LogP contribution in [0.1, 0.15) is 57.4 Å². The number of ether oxygens (including phenoxy) is 1. The monoisotopic (exact) mass is 489 g/mol. The summed E-state index contributed by atoms with van der Waals surface area (Å²) in [7, 11) is 0. The number of carbonyl (C=O) groups is 3. The fourth-order valence-corrected chi connectivity index (χ4v) is 3.55. The quantitative estimate of drug-likeness (QED) is 0.390. The average molecular weight is 490 g/mol. The average Bonchev–Trinajstić information content (AvgIpc) is 2.80. The van der Waals surface area contributed by atoms with Crippen molar-refractivity contribution in [3.8, 4) is 12.5 Å². The van der Waals surface area contributed by atoms with Crippen molar-refractivity contribution >= 4 is 29.7 Å². The second-order valence-corrected chi connectivity index (χ2v) is 9.79. The summed E-state index contributed by atoms with van der Waals surface area (Å²) in [5, 5.41) is 5.51. The van der Waals surface area contributed by atoms with Crippen molar-refractivity contribution in [3.05, 3.63) is 71.8 Å². The van der Waals surface area contributed by atoms with Gasteiger partial charge in [0.25, 0.3) is 11.8 Å². The molecule has 3 amide bonds. The summed E-state index contributed by atoms with van der Waals surface area (Å²) in [6.45, 7) is 14.4. The highest BCUT2D eigenvalue weighted by atomic mass is 16.6. The summed E-state index contributed by atoms with van der Waals surface area (Å²) >= 11 is 0. The minimum Gasteiger partial charge on any atom is -0.444 e. The first-order chi connectivity index (χ1) is 16.9. The van der Waals surface area contributed by atoms with Crippen molar-refractivity contribution in [2.24, 2.45) is 5.92 Å². The van der Waals surface area contributed by atoms with Crippen molar-refractivity contribution in [3.63, 3.8) is 0 Å². The standard InChI is InChI=1S/C29H35N3O4/c1-9-21-15-13-16-22(18-21)25(26(33)30-23-17-12-11-14-20(23)5)32(10-2)27(34)24(19(3)4)31-28(35)36-29(6,7)8/h2,9,11-19,24-25H,1H2,3-8H3,(H,30,33)(H,31,35). The van der Waals surface area contributed by atoms with E-state index in [1.165, 1.54) is 0 Å². The zero-order valence-corrected chi connectivity index (χ0v) is 21.8. The van der Waals surface area contributed by atoms with Crippen LogP contribution in [-0.4, -0.2) is 34.5 Å². The second-order valence-electron chi connectivity index (χ2n) is 9.79. The second kappa shape index (κ2) is 12.1. The first kappa shape index (κ1) is 28.2. The van der Waals surface area contributed by atoms with E-state index in [1.807, 2.05) is 25.1 Å². The van der Waals surface area contributed by atoms with Crippen molar-refractivity contribution in [2.45, 2.75) is 59.2 Å². The number of aryl methyl sites for hydroxylation is 1. The summed E-state index contributed by atoms with van der Waals surface area (Å²) in [4.78, 5) is 40.9. The maximum Gasteiger partial charge on any atom is 0.408 e. The van der Waals surface area contributed by atoms with Crippen LogP contribution in [0.15, 0.2) is 55.1 Å².